The Morgan fingerprint density at radius 2 is 2.11 bits per heavy atom. The molecule has 2 heterocycles. The van der Waals surface area contributed by atoms with Crippen molar-refractivity contribution in [3.05, 3.63) is 77.4 Å². The molecule has 6 nitrogen and oxygen atoms in total. The molecular weight excluding hydrogens is 355 g/mol. The van der Waals surface area contributed by atoms with E-state index in [4.69, 9.17) is 16.6 Å². The summed E-state index contributed by atoms with van der Waals surface area (Å²) in [5, 5.41) is 17.6. The fraction of sp³-hybridized carbons (Fsp3) is 0.143. The molecule has 1 unspecified atom stereocenters. The molecule has 7 heteroatoms. The molecule has 28 heavy (non-hydrogen) atoms. The maximum absolute atomic E-state index is 14.4. The number of aromatic nitrogens is 2. The van der Waals surface area contributed by atoms with Crippen molar-refractivity contribution >= 4 is 28.5 Å². The summed E-state index contributed by atoms with van der Waals surface area (Å²) < 4.78 is 15.6. The zero-order chi connectivity index (χ0) is 20.3. The van der Waals surface area contributed by atoms with E-state index in [1.807, 2.05) is 37.3 Å². The first-order valence-electron chi connectivity index (χ1n) is 8.71. The summed E-state index contributed by atoms with van der Waals surface area (Å²) in [6, 6.07) is 10.8. The molecular formula is C21H21FN6. The second-order valence-electron chi connectivity index (χ2n) is 6.37. The minimum absolute atomic E-state index is 0.0822. The van der Waals surface area contributed by atoms with Gasteiger partial charge in [-0.1, -0.05) is 19.1 Å². The molecule has 0 fully saturated rings. The monoisotopic (exact) mass is 376 g/mol. The Balaban J connectivity index is 2.05. The molecule has 0 amide bonds. The number of nitrogens with two attached hydrogens (primary N) is 1. The second kappa shape index (κ2) is 7.96. The number of aliphatic imine (C=N–C) groups is 1. The van der Waals surface area contributed by atoms with Crippen molar-refractivity contribution in [1.29, 1.82) is 10.8 Å². The Hall–Kier alpha value is -3.61. The SMILES string of the molecule is CN=CC(=CN)c1cc(F)c(=N)n(C(=N)C(C)c2ccc3ncccc3c2)c1. The fourth-order valence-electron chi connectivity index (χ4n) is 2.99. The summed E-state index contributed by atoms with van der Waals surface area (Å²) in [5.74, 6) is -1.02. The summed E-state index contributed by atoms with van der Waals surface area (Å²) >= 11 is 0. The van der Waals surface area contributed by atoms with Crippen molar-refractivity contribution in [3.8, 4) is 0 Å². The number of allylic oxidation sites excluding steroid dienone is 1. The molecule has 1 atom stereocenters. The van der Waals surface area contributed by atoms with Gasteiger partial charge in [0.1, 0.15) is 5.84 Å². The van der Waals surface area contributed by atoms with Crippen molar-refractivity contribution in [3.63, 3.8) is 0 Å². The van der Waals surface area contributed by atoms with Gasteiger partial charge in [-0.2, -0.15) is 0 Å². The van der Waals surface area contributed by atoms with Crippen LogP contribution >= 0.6 is 0 Å². The van der Waals surface area contributed by atoms with Crippen LogP contribution in [0.5, 0.6) is 0 Å². The van der Waals surface area contributed by atoms with Crippen molar-refractivity contribution in [2.75, 3.05) is 7.05 Å². The highest BCUT2D eigenvalue weighted by molar-refractivity contribution is 6.09. The average Bonchev–Trinajstić information content (AvgIpc) is 2.72. The van der Waals surface area contributed by atoms with Crippen LogP contribution in [0.1, 0.15) is 24.0 Å². The van der Waals surface area contributed by atoms with Gasteiger partial charge >= 0.3 is 0 Å². The number of halogens is 1. The zero-order valence-electron chi connectivity index (χ0n) is 15.6. The number of rotatable bonds is 4. The lowest BCUT2D eigenvalue weighted by atomic mass is 9.97. The summed E-state index contributed by atoms with van der Waals surface area (Å²) in [6.45, 7) is 1.85. The third-order valence-electron chi connectivity index (χ3n) is 4.60. The second-order valence-corrected chi connectivity index (χ2v) is 6.37. The molecule has 2 aromatic heterocycles. The normalized spacial score (nSPS) is 13.2. The smallest absolute Gasteiger partial charge is 0.167 e. The number of hydrogen-bond donors (Lipinski definition) is 3. The van der Waals surface area contributed by atoms with E-state index in [2.05, 4.69) is 9.98 Å². The first kappa shape index (κ1) is 19.2. The van der Waals surface area contributed by atoms with Gasteiger partial charge in [0.25, 0.3) is 0 Å². The lowest BCUT2D eigenvalue weighted by molar-refractivity contribution is 0.588. The third-order valence-corrected chi connectivity index (χ3v) is 4.60. The van der Waals surface area contributed by atoms with Crippen LogP contribution in [0.4, 0.5) is 4.39 Å². The van der Waals surface area contributed by atoms with Crippen LogP contribution in [0.2, 0.25) is 0 Å². The van der Waals surface area contributed by atoms with Gasteiger partial charge < -0.3 is 5.73 Å². The van der Waals surface area contributed by atoms with Crippen LogP contribution < -0.4 is 11.2 Å². The molecule has 0 radical (unpaired) electrons. The van der Waals surface area contributed by atoms with Crippen LogP contribution in [-0.2, 0) is 0 Å². The van der Waals surface area contributed by atoms with E-state index in [0.717, 1.165) is 16.5 Å². The van der Waals surface area contributed by atoms with E-state index in [1.54, 1.807) is 13.2 Å². The molecule has 4 N–H and O–H groups in total. The Kier molecular flexibility index (Phi) is 5.44. The van der Waals surface area contributed by atoms with Gasteiger partial charge in [0.15, 0.2) is 11.3 Å². The summed E-state index contributed by atoms with van der Waals surface area (Å²) in [7, 11) is 1.59. The van der Waals surface area contributed by atoms with E-state index in [-0.39, 0.29) is 17.2 Å². The van der Waals surface area contributed by atoms with Crippen molar-refractivity contribution in [2.45, 2.75) is 12.8 Å². The highest BCUT2D eigenvalue weighted by atomic mass is 19.1. The Labute approximate surface area is 161 Å². The van der Waals surface area contributed by atoms with Crippen LogP contribution in [0.15, 0.2) is 60.0 Å². The predicted octanol–water partition coefficient (Wildman–Crippen LogP) is 3.28. The van der Waals surface area contributed by atoms with Gasteiger partial charge in [0, 0.05) is 54.3 Å². The summed E-state index contributed by atoms with van der Waals surface area (Å²) in [5.41, 5.74) is 7.93. The van der Waals surface area contributed by atoms with Gasteiger partial charge in [0.2, 0.25) is 0 Å². The number of benzene rings is 1. The standard InChI is InChI=1S/C21H21FN6/c1-13(14-5-6-19-15(8-14)4-3-7-27-19)20(24)28-12-16(9-18(22)21(28)25)17(10-23)11-26-2/h3-13,24-25H,23H2,1-2H3. The predicted molar refractivity (Wildman–Crippen MR) is 110 cm³/mol. The Morgan fingerprint density at radius 3 is 2.82 bits per heavy atom. The molecule has 0 saturated carbocycles. The van der Waals surface area contributed by atoms with E-state index < -0.39 is 5.82 Å². The minimum Gasteiger partial charge on any atom is -0.404 e. The van der Waals surface area contributed by atoms with Gasteiger partial charge in [-0.15, -0.1) is 0 Å². The first-order valence-corrected chi connectivity index (χ1v) is 8.71. The highest BCUT2D eigenvalue weighted by Crippen LogP contribution is 2.22. The minimum atomic E-state index is -0.735. The van der Waals surface area contributed by atoms with Crippen LogP contribution in [0.25, 0.3) is 16.5 Å². The molecule has 0 spiro atoms. The van der Waals surface area contributed by atoms with E-state index in [1.165, 1.54) is 29.2 Å². The average molecular weight is 376 g/mol. The molecule has 0 aliphatic rings. The topological polar surface area (TPSA) is 104 Å². The Bertz CT molecular complexity index is 1160. The summed E-state index contributed by atoms with van der Waals surface area (Å²) in [4.78, 5) is 8.21. The van der Waals surface area contributed by atoms with E-state index >= 15 is 0 Å². The first-order chi connectivity index (χ1) is 13.5. The molecule has 0 bridgehead atoms. The molecule has 0 aliphatic heterocycles. The molecule has 1 aromatic carbocycles. The number of fused-ring (bicyclic) bond motifs is 1. The Morgan fingerprint density at radius 1 is 1.32 bits per heavy atom. The van der Waals surface area contributed by atoms with Gasteiger partial charge in [-0.25, -0.2) is 4.39 Å². The number of nitrogens with zero attached hydrogens (tertiary/aromatic N) is 3. The number of hydrogen-bond acceptors (Lipinski definition) is 5. The van der Waals surface area contributed by atoms with Crippen LogP contribution in [-0.4, -0.2) is 28.6 Å². The largest absolute Gasteiger partial charge is 0.404 e. The molecule has 0 saturated heterocycles. The lowest BCUT2D eigenvalue weighted by Crippen LogP contribution is -2.32. The lowest BCUT2D eigenvalue weighted by Gasteiger charge is -2.18. The highest BCUT2D eigenvalue weighted by Gasteiger charge is 2.17. The van der Waals surface area contributed by atoms with Crippen LogP contribution in [0.3, 0.4) is 0 Å². The van der Waals surface area contributed by atoms with Gasteiger partial charge in [-0.3, -0.25) is 25.4 Å². The van der Waals surface area contributed by atoms with Gasteiger partial charge in [-0.05, 0) is 29.8 Å². The maximum Gasteiger partial charge on any atom is 0.167 e. The molecule has 142 valence electrons. The number of pyridine rings is 2. The van der Waals surface area contributed by atoms with Crippen LogP contribution in [0, 0.1) is 16.6 Å². The zero-order valence-corrected chi connectivity index (χ0v) is 15.6. The quantitative estimate of drug-likeness (QED) is 0.480. The fourth-order valence-corrected chi connectivity index (χ4v) is 2.99. The molecule has 3 rings (SSSR count). The molecule has 3 aromatic rings. The van der Waals surface area contributed by atoms with E-state index in [0.29, 0.717) is 11.1 Å². The van der Waals surface area contributed by atoms with Crippen molar-refractivity contribution in [1.82, 2.24) is 9.55 Å². The molecule has 0 aliphatic carbocycles. The van der Waals surface area contributed by atoms with Crippen molar-refractivity contribution in [2.24, 2.45) is 10.7 Å². The maximum atomic E-state index is 14.4. The van der Waals surface area contributed by atoms with Gasteiger partial charge in [0.05, 0.1) is 5.52 Å². The third kappa shape index (κ3) is 3.59. The van der Waals surface area contributed by atoms with Crippen molar-refractivity contribution < 1.29 is 4.39 Å². The summed E-state index contributed by atoms with van der Waals surface area (Å²) in [6.07, 6.45) is 6.09. The van der Waals surface area contributed by atoms with E-state index in [9.17, 15) is 4.39 Å². The number of nitrogens with one attached hydrogen (secondary N) is 2.